The molecule has 0 spiro atoms. The zero-order valence-corrected chi connectivity index (χ0v) is 12.3. The number of hydrogen-bond acceptors (Lipinski definition) is 5. The average molecular weight is 285 g/mol. The number of nitrogens with two attached hydrogens (primary N) is 2. The first-order valence-electron chi connectivity index (χ1n) is 7.56. The van der Waals surface area contributed by atoms with E-state index >= 15 is 0 Å². The summed E-state index contributed by atoms with van der Waals surface area (Å²) < 4.78 is 0. The molecule has 1 aromatic heterocycles. The number of pyridine rings is 1. The van der Waals surface area contributed by atoms with Crippen LogP contribution in [-0.2, 0) is 0 Å². The molecule has 0 saturated carbocycles. The van der Waals surface area contributed by atoms with Crippen molar-refractivity contribution in [1.82, 2.24) is 9.99 Å². The van der Waals surface area contributed by atoms with E-state index in [0.29, 0.717) is 12.5 Å². The van der Waals surface area contributed by atoms with Crippen LogP contribution in [0.2, 0.25) is 0 Å². The molecule has 3 heterocycles. The summed E-state index contributed by atoms with van der Waals surface area (Å²) >= 11 is 0. The Bertz CT molecular complexity index is 529. The molecule has 5 nitrogen and oxygen atoms in total. The smallest absolute Gasteiger partial charge is 0.116 e. The van der Waals surface area contributed by atoms with Gasteiger partial charge in [-0.05, 0) is 42.9 Å². The van der Waals surface area contributed by atoms with Crippen LogP contribution in [0, 0.1) is 5.92 Å². The van der Waals surface area contributed by atoms with Crippen molar-refractivity contribution in [2.45, 2.75) is 19.3 Å². The van der Waals surface area contributed by atoms with Crippen molar-refractivity contribution in [1.29, 1.82) is 0 Å². The van der Waals surface area contributed by atoms with Crippen LogP contribution in [0.3, 0.4) is 0 Å². The first-order valence-corrected chi connectivity index (χ1v) is 7.56. The van der Waals surface area contributed by atoms with Gasteiger partial charge in [-0.1, -0.05) is 12.2 Å². The maximum absolute atomic E-state index is 6.07. The third-order valence-corrected chi connectivity index (χ3v) is 4.41. The second kappa shape index (κ2) is 6.18. The summed E-state index contributed by atoms with van der Waals surface area (Å²) in [6.45, 7) is 2.89. The van der Waals surface area contributed by atoms with Crippen LogP contribution in [0.1, 0.15) is 19.3 Å². The fraction of sp³-hybridized carbons (Fsp3) is 0.438. The molecule has 0 amide bonds. The third-order valence-electron chi connectivity index (χ3n) is 4.41. The van der Waals surface area contributed by atoms with E-state index in [9.17, 15) is 0 Å². The van der Waals surface area contributed by atoms with Gasteiger partial charge in [-0.3, -0.25) is 9.99 Å². The minimum atomic E-state index is 0.688. The molecule has 0 aliphatic carbocycles. The van der Waals surface area contributed by atoms with Crippen molar-refractivity contribution in [2.75, 3.05) is 24.5 Å². The Morgan fingerprint density at radius 1 is 1.19 bits per heavy atom. The number of allylic oxidation sites excluding steroid dienone is 2. The van der Waals surface area contributed by atoms with E-state index in [0.717, 1.165) is 25.3 Å². The number of anilines is 1. The van der Waals surface area contributed by atoms with Crippen LogP contribution in [0.15, 0.2) is 48.1 Å². The maximum Gasteiger partial charge on any atom is 0.116 e. The molecule has 3 rings (SSSR count). The molecule has 0 aromatic carbocycles. The summed E-state index contributed by atoms with van der Waals surface area (Å²) in [5.41, 5.74) is 8.53. The molecule has 1 aromatic rings. The van der Waals surface area contributed by atoms with Gasteiger partial charge >= 0.3 is 0 Å². The molecule has 1 saturated heterocycles. The molecule has 0 atom stereocenters. The normalized spacial score (nSPS) is 20.2. The Balaban J connectivity index is 1.57. The Hall–Kier alpha value is -2.01. The minimum absolute atomic E-state index is 0.688. The van der Waals surface area contributed by atoms with E-state index in [2.05, 4.69) is 34.2 Å². The van der Waals surface area contributed by atoms with Crippen molar-refractivity contribution < 1.29 is 0 Å². The van der Waals surface area contributed by atoms with Gasteiger partial charge in [-0.2, -0.15) is 0 Å². The first kappa shape index (κ1) is 13.9. The number of nitrogens with zero attached hydrogens (tertiary/aromatic N) is 3. The van der Waals surface area contributed by atoms with E-state index in [-0.39, 0.29) is 0 Å². The predicted molar refractivity (Wildman–Crippen MR) is 85.0 cm³/mol. The Kier molecular flexibility index (Phi) is 4.10. The van der Waals surface area contributed by atoms with Gasteiger partial charge in [0, 0.05) is 31.2 Å². The zero-order valence-electron chi connectivity index (χ0n) is 12.3. The summed E-state index contributed by atoms with van der Waals surface area (Å²) in [6, 6.07) is 4.16. The molecule has 1 fully saturated rings. The molecule has 0 bridgehead atoms. The van der Waals surface area contributed by atoms with E-state index in [4.69, 9.17) is 11.6 Å². The Morgan fingerprint density at radius 2 is 1.90 bits per heavy atom. The molecular formula is C16H23N5. The van der Waals surface area contributed by atoms with Gasteiger partial charge in [-0.15, -0.1) is 0 Å². The highest BCUT2D eigenvalue weighted by molar-refractivity contribution is 5.44. The van der Waals surface area contributed by atoms with Gasteiger partial charge in [0.1, 0.15) is 5.82 Å². The highest BCUT2D eigenvalue weighted by atomic mass is 15.4. The largest absolute Gasteiger partial charge is 0.384 e. The lowest BCUT2D eigenvalue weighted by atomic mass is 9.89. The lowest BCUT2D eigenvalue weighted by molar-refractivity contribution is 0.365. The zero-order chi connectivity index (χ0) is 14.7. The Morgan fingerprint density at radius 3 is 2.62 bits per heavy atom. The molecule has 5 heteroatoms. The quantitative estimate of drug-likeness (QED) is 0.826. The summed E-state index contributed by atoms with van der Waals surface area (Å²) in [4.78, 5) is 6.51. The Labute approximate surface area is 125 Å². The lowest BCUT2D eigenvalue weighted by Crippen LogP contribution is -2.38. The number of rotatable bonds is 3. The number of piperidine rings is 1. The van der Waals surface area contributed by atoms with Crippen LogP contribution in [0.25, 0.3) is 0 Å². The molecular weight excluding hydrogens is 262 g/mol. The van der Waals surface area contributed by atoms with Gasteiger partial charge in [-0.25, -0.2) is 5.84 Å². The number of hydrogen-bond donors (Lipinski definition) is 2. The second-order valence-corrected chi connectivity index (χ2v) is 5.81. The fourth-order valence-electron chi connectivity index (χ4n) is 3.11. The van der Waals surface area contributed by atoms with Crippen LogP contribution in [0.5, 0.6) is 0 Å². The van der Waals surface area contributed by atoms with Crippen molar-refractivity contribution >= 4 is 5.69 Å². The SMILES string of the molecule is NC1=C(CC2CCN(c3ccncc3)CC2)C=CCN1N. The van der Waals surface area contributed by atoms with Crippen LogP contribution in [-0.4, -0.2) is 29.6 Å². The van der Waals surface area contributed by atoms with Crippen molar-refractivity contribution in [3.8, 4) is 0 Å². The minimum Gasteiger partial charge on any atom is -0.384 e. The summed E-state index contributed by atoms with van der Waals surface area (Å²) in [5.74, 6) is 7.28. The molecule has 2 aliphatic heterocycles. The number of aromatic nitrogens is 1. The van der Waals surface area contributed by atoms with Crippen molar-refractivity contribution in [3.05, 3.63) is 48.1 Å². The fourth-order valence-corrected chi connectivity index (χ4v) is 3.11. The van der Waals surface area contributed by atoms with E-state index < -0.39 is 0 Å². The van der Waals surface area contributed by atoms with Gasteiger partial charge in [0.25, 0.3) is 0 Å². The van der Waals surface area contributed by atoms with Gasteiger partial charge < -0.3 is 10.6 Å². The molecule has 4 N–H and O–H groups in total. The molecule has 21 heavy (non-hydrogen) atoms. The monoisotopic (exact) mass is 285 g/mol. The average Bonchev–Trinajstić information content (AvgIpc) is 2.53. The van der Waals surface area contributed by atoms with E-state index in [1.807, 2.05) is 12.4 Å². The topological polar surface area (TPSA) is 71.4 Å². The summed E-state index contributed by atoms with van der Waals surface area (Å²) in [6.07, 6.45) is 11.3. The molecule has 0 unspecified atom stereocenters. The summed E-state index contributed by atoms with van der Waals surface area (Å²) in [5, 5.41) is 1.63. The molecule has 2 aliphatic rings. The highest BCUT2D eigenvalue weighted by Crippen LogP contribution is 2.28. The van der Waals surface area contributed by atoms with Gasteiger partial charge in [0.05, 0.1) is 6.54 Å². The number of hydrazine groups is 1. The third kappa shape index (κ3) is 3.19. The first-order chi connectivity index (χ1) is 10.2. The van der Waals surface area contributed by atoms with Crippen LogP contribution < -0.4 is 16.5 Å². The maximum atomic E-state index is 6.07. The van der Waals surface area contributed by atoms with Gasteiger partial charge in [0.2, 0.25) is 0 Å². The predicted octanol–water partition coefficient (Wildman–Crippen LogP) is 1.60. The van der Waals surface area contributed by atoms with Crippen LogP contribution in [0.4, 0.5) is 5.69 Å². The van der Waals surface area contributed by atoms with Gasteiger partial charge in [0.15, 0.2) is 0 Å². The summed E-state index contributed by atoms with van der Waals surface area (Å²) in [7, 11) is 0. The van der Waals surface area contributed by atoms with Crippen LogP contribution >= 0.6 is 0 Å². The molecule has 0 radical (unpaired) electrons. The second-order valence-electron chi connectivity index (χ2n) is 5.81. The standard InChI is InChI=1S/C16H23N5/c17-16-14(2-1-9-21(16)18)12-13-5-10-20(11-6-13)15-3-7-19-8-4-15/h1-4,7-8,13H,5-6,9-12,17-18H2. The lowest BCUT2D eigenvalue weighted by Gasteiger charge is -2.34. The van der Waals surface area contributed by atoms with E-state index in [1.54, 1.807) is 5.01 Å². The molecule has 112 valence electrons. The van der Waals surface area contributed by atoms with E-state index in [1.165, 1.54) is 24.1 Å². The highest BCUT2D eigenvalue weighted by Gasteiger charge is 2.22. The van der Waals surface area contributed by atoms with Crippen molar-refractivity contribution in [2.24, 2.45) is 17.5 Å². The van der Waals surface area contributed by atoms with Crippen molar-refractivity contribution in [3.63, 3.8) is 0 Å².